The lowest BCUT2D eigenvalue weighted by atomic mass is 9.67. The third-order valence-corrected chi connectivity index (χ3v) is 13.8. The minimum absolute atomic E-state index is 0.485. The van der Waals surface area contributed by atoms with Crippen LogP contribution in [-0.4, -0.2) is 9.13 Å². The van der Waals surface area contributed by atoms with E-state index in [0.29, 0.717) is 0 Å². The van der Waals surface area contributed by atoms with Crippen LogP contribution in [0.1, 0.15) is 35.1 Å². The van der Waals surface area contributed by atoms with Crippen molar-refractivity contribution in [3.05, 3.63) is 253 Å². The Morgan fingerprint density at radius 2 is 0.952 bits per heavy atom. The lowest BCUT2D eigenvalue weighted by Crippen LogP contribution is -2.28. The first-order chi connectivity index (χ1) is 31.3. The van der Waals surface area contributed by atoms with Crippen molar-refractivity contribution in [3.63, 3.8) is 0 Å². The smallest absolute Gasteiger partial charge is 0.0713 e. The van der Waals surface area contributed by atoms with Crippen molar-refractivity contribution in [2.75, 3.05) is 0 Å². The molecule has 9 aromatic carbocycles. The molecule has 0 N–H and O–H groups in total. The molecule has 0 bridgehead atoms. The van der Waals surface area contributed by atoms with E-state index in [2.05, 4.69) is 240 Å². The monoisotopic (exact) mass is 802 g/mol. The Hall–Kier alpha value is -7.94. The Bertz CT molecular complexity index is 3610. The Morgan fingerprint density at radius 1 is 0.365 bits per heavy atom. The molecule has 2 aliphatic rings. The van der Waals surface area contributed by atoms with Crippen molar-refractivity contribution in [1.82, 2.24) is 9.13 Å². The molecule has 63 heavy (non-hydrogen) atoms. The van der Waals surface area contributed by atoms with E-state index in [1.807, 2.05) is 0 Å². The van der Waals surface area contributed by atoms with Gasteiger partial charge in [0.15, 0.2) is 0 Å². The fourth-order valence-electron chi connectivity index (χ4n) is 11.1. The summed E-state index contributed by atoms with van der Waals surface area (Å²) in [6, 6.07) is 79.1. The SMILES string of the molecule is C1=CC(n2c3ccc(-c4cccc5c6ccccc6n(-c6ccc(-c7ccccc7)cc6)c45)cc3c3cc(C4(c5ccccc5)c5ccccc5-c5ccccc54)ccc32)=CCC1. The van der Waals surface area contributed by atoms with Crippen LogP contribution >= 0.6 is 0 Å². The van der Waals surface area contributed by atoms with Gasteiger partial charge in [-0.05, 0) is 111 Å². The van der Waals surface area contributed by atoms with E-state index in [0.717, 1.165) is 18.5 Å². The zero-order chi connectivity index (χ0) is 41.5. The highest BCUT2D eigenvalue weighted by Crippen LogP contribution is 2.56. The summed E-state index contributed by atoms with van der Waals surface area (Å²) >= 11 is 0. The van der Waals surface area contributed by atoms with Crippen molar-refractivity contribution in [2.24, 2.45) is 0 Å². The Labute approximate surface area is 367 Å². The van der Waals surface area contributed by atoms with Gasteiger partial charge in [-0.1, -0.05) is 182 Å². The zero-order valence-corrected chi connectivity index (χ0v) is 34.7. The largest absolute Gasteiger partial charge is 0.310 e. The lowest BCUT2D eigenvalue weighted by molar-refractivity contribution is 0.770. The first-order valence-corrected chi connectivity index (χ1v) is 22.2. The van der Waals surface area contributed by atoms with E-state index < -0.39 is 5.41 Å². The van der Waals surface area contributed by atoms with Crippen LogP contribution in [0.25, 0.3) is 88.4 Å². The van der Waals surface area contributed by atoms with Crippen LogP contribution in [0.4, 0.5) is 0 Å². The molecule has 0 radical (unpaired) electrons. The molecule has 0 amide bonds. The Balaban J connectivity index is 1.08. The van der Waals surface area contributed by atoms with E-state index >= 15 is 0 Å². The molecule has 0 fully saturated rings. The van der Waals surface area contributed by atoms with Gasteiger partial charge in [0.2, 0.25) is 0 Å². The summed E-state index contributed by atoms with van der Waals surface area (Å²) in [5, 5.41) is 5.01. The number of allylic oxidation sites excluding steroid dienone is 4. The van der Waals surface area contributed by atoms with E-state index in [9.17, 15) is 0 Å². The number of benzene rings is 9. The quantitative estimate of drug-likeness (QED) is 0.158. The van der Waals surface area contributed by atoms with Gasteiger partial charge < -0.3 is 9.13 Å². The van der Waals surface area contributed by atoms with Crippen LogP contribution in [0.15, 0.2) is 231 Å². The molecule has 2 aliphatic carbocycles. The number of hydrogen-bond acceptors (Lipinski definition) is 0. The third kappa shape index (κ3) is 5.25. The molecule has 296 valence electrons. The number of aromatic nitrogens is 2. The lowest BCUT2D eigenvalue weighted by Gasteiger charge is -2.34. The first kappa shape index (κ1) is 35.8. The zero-order valence-electron chi connectivity index (χ0n) is 34.7. The topological polar surface area (TPSA) is 9.86 Å². The maximum atomic E-state index is 2.52. The van der Waals surface area contributed by atoms with Crippen molar-refractivity contribution in [2.45, 2.75) is 18.3 Å². The van der Waals surface area contributed by atoms with Gasteiger partial charge in [0, 0.05) is 38.5 Å². The third-order valence-electron chi connectivity index (χ3n) is 13.8. The van der Waals surface area contributed by atoms with Gasteiger partial charge in [-0.2, -0.15) is 0 Å². The van der Waals surface area contributed by atoms with Crippen molar-refractivity contribution >= 4 is 49.3 Å². The number of para-hydroxylation sites is 2. The summed E-state index contributed by atoms with van der Waals surface area (Å²) in [6.45, 7) is 0. The minimum atomic E-state index is -0.485. The van der Waals surface area contributed by atoms with Gasteiger partial charge in [-0.15, -0.1) is 0 Å². The molecule has 0 atom stereocenters. The summed E-state index contributed by atoms with van der Waals surface area (Å²) < 4.78 is 4.96. The highest BCUT2D eigenvalue weighted by Gasteiger charge is 2.46. The second-order valence-electron chi connectivity index (χ2n) is 17.1. The number of hydrogen-bond donors (Lipinski definition) is 0. The number of fused-ring (bicyclic) bond motifs is 9. The first-order valence-electron chi connectivity index (χ1n) is 22.2. The minimum Gasteiger partial charge on any atom is -0.310 e. The molecule has 2 nitrogen and oxygen atoms in total. The van der Waals surface area contributed by atoms with Crippen molar-refractivity contribution in [1.29, 1.82) is 0 Å². The fraction of sp³-hybridized carbons (Fsp3) is 0.0492. The number of rotatable bonds is 6. The highest BCUT2D eigenvalue weighted by atomic mass is 15.0. The van der Waals surface area contributed by atoms with Gasteiger partial charge in [0.05, 0.1) is 27.5 Å². The molecule has 0 aliphatic heterocycles. The molecule has 0 saturated carbocycles. The average molecular weight is 803 g/mol. The molecular formula is C61H42N2. The van der Waals surface area contributed by atoms with Crippen molar-refractivity contribution in [3.8, 4) is 39.1 Å². The summed E-state index contributed by atoms with van der Waals surface area (Å²) in [5.41, 5.74) is 19.4. The van der Waals surface area contributed by atoms with Crippen LogP contribution in [-0.2, 0) is 5.41 Å². The van der Waals surface area contributed by atoms with Crippen LogP contribution in [0.3, 0.4) is 0 Å². The fourth-order valence-corrected chi connectivity index (χ4v) is 11.1. The molecule has 0 saturated heterocycles. The number of nitrogens with zero attached hydrogens (tertiary/aromatic N) is 2. The van der Waals surface area contributed by atoms with Crippen molar-refractivity contribution < 1.29 is 0 Å². The molecule has 2 heteroatoms. The standard InChI is InChI=1S/C61H42N2/c1-4-17-41(18-5-1)42-31-35-47(36-32-42)63-57-30-15-12-25-51(57)52-27-16-26-48(60(52)63)43-33-37-58-53(39-43)54-40-45(34-38-59(54)62(58)46-21-8-3-9-22-46)61(44-19-6-2-7-20-44)55-28-13-10-23-49(55)50-24-11-14-29-56(50)61/h1-2,4-8,10-40H,3,9H2. The van der Waals surface area contributed by atoms with E-state index in [1.54, 1.807) is 0 Å². The van der Waals surface area contributed by atoms with Gasteiger partial charge in [0.25, 0.3) is 0 Å². The predicted octanol–water partition coefficient (Wildman–Crippen LogP) is 15.8. The van der Waals surface area contributed by atoms with Gasteiger partial charge >= 0.3 is 0 Å². The van der Waals surface area contributed by atoms with Gasteiger partial charge in [-0.25, -0.2) is 0 Å². The van der Waals surface area contributed by atoms with Crippen LogP contribution in [0, 0.1) is 0 Å². The van der Waals surface area contributed by atoms with Crippen LogP contribution in [0.2, 0.25) is 0 Å². The Morgan fingerprint density at radius 3 is 1.70 bits per heavy atom. The van der Waals surface area contributed by atoms with E-state index in [4.69, 9.17) is 0 Å². The maximum absolute atomic E-state index is 2.52. The molecule has 0 unspecified atom stereocenters. The molecule has 11 aromatic rings. The maximum Gasteiger partial charge on any atom is 0.0713 e. The summed E-state index contributed by atoms with van der Waals surface area (Å²) in [6.07, 6.45) is 9.13. The van der Waals surface area contributed by atoms with Crippen LogP contribution < -0.4 is 0 Å². The molecule has 13 rings (SSSR count). The average Bonchev–Trinajstić information content (AvgIpc) is 3.99. The van der Waals surface area contributed by atoms with E-state index in [1.165, 1.54) is 105 Å². The second-order valence-corrected chi connectivity index (χ2v) is 17.1. The Kier molecular flexibility index (Phi) is 7.98. The summed E-state index contributed by atoms with van der Waals surface area (Å²) in [5.74, 6) is 0. The second kappa shape index (κ2) is 14.1. The highest BCUT2D eigenvalue weighted by molar-refractivity contribution is 6.16. The van der Waals surface area contributed by atoms with E-state index in [-0.39, 0.29) is 0 Å². The molecule has 2 aromatic heterocycles. The van der Waals surface area contributed by atoms with Gasteiger partial charge in [-0.3, -0.25) is 0 Å². The van der Waals surface area contributed by atoms with Gasteiger partial charge in [0.1, 0.15) is 0 Å². The molecule has 2 heterocycles. The normalized spacial score (nSPS) is 14.1. The van der Waals surface area contributed by atoms with Crippen LogP contribution in [0.5, 0.6) is 0 Å². The molecule has 0 spiro atoms. The molecular weight excluding hydrogens is 761 g/mol. The predicted molar refractivity (Wildman–Crippen MR) is 265 cm³/mol. The summed E-state index contributed by atoms with van der Waals surface area (Å²) in [4.78, 5) is 0. The summed E-state index contributed by atoms with van der Waals surface area (Å²) in [7, 11) is 0.